The predicted molar refractivity (Wildman–Crippen MR) is 58.8 cm³/mol. The van der Waals surface area contributed by atoms with Crippen LogP contribution in [0.1, 0.15) is 26.7 Å². The van der Waals surface area contributed by atoms with E-state index < -0.39 is 18.1 Å². The molecule has 1 fully saturated rings. The van der Waals surface area contributed by atoms with E-state index in [-0.39, 0.29) is 12.1 Å². The summed E-state index contributed by atoms with van der Waals surface area (Å²) in [5, 5.41) is 12.6. The molecule has 1 amide bonds. The van der Waals surface area contributed by atoms with Gasteiger partial charge in [-0.1, -0.05) is 0 Å². The zero-order valence-electron chi connectivity index (χ0n) is 9.77. The van der Waals surface area contributed by atoms with Crippen LogP contribution in [0.15, 0.2) is 0 Å². The van der Waals surface area contributed by atoms with Crippen molar-refractivity contribution in [3.05, 3.63) is 4.91 Å². The van der Waals surface area contributed by atoms with Crippen LogP contribution in [0.25, 0.3) is 0 Å². The Morgan fingerprint density at radius 3 is 2.69 bits per heavy atom. The zero-order valence-corrected chi connectivity index (χ0v) is 9.77. The highest BCUT2D eigenvalue weighted by molar-refractivity contribution is 5.79. The van der Waals surface area contributed by atoms with Crippen LogP contribution in [0.4, 0.5) is 0 Å². The van der Waals surface area contributed by atoms with Crippen molar-refractivity contribution in [3.63, 3.8) is 0 Å². The number of hydrogen-bond acceptors (Lipinski definition) is 4. The highest BCUT2D eigenvalue weighted by Gasteiger charge is 2.42. The summed E-state index contributed by atoms with van der Waals surface area (Å²) in [5.41, 5.74) is 4.81. The van der Waals surface area contributed by atoms with Crippen molar-refractivity contribution in [1.82, 2.24) is 5.32 Å². The molecule has 6 heteroatoms. The lowest BCUT2D eigenvalue weighted by Crippen LogP contribution is -2.52. The molecular weight excluding hydrogens is 210 g/mol. The molecular formula is C10H20N3O3+. The molecule has 1 aliphatic rings. The molecule has 0 aromatic heterocycles. The summed E-state index contributed by atoms with van der Waals surface area (Å²) in [5.74, 6) is -0.786. The molecule has 1 heterocycles. The number of nitroso groups, excluding NO2 is 1. The van der Waals surface area contributed by atoms with E-state index in [1.165, 1.54) is 6.92 Å². The Hall–Kier alpha value is -1.01. The number of nitrogens with two attached hydrogens (primary N) is 1. The van der Waals surface area contributed by atoms with Gasteiger partial charge in [-0.15, -0.1) is 0 Å². The number of amides is 1. The van der Waals surface area contributed by atoms with Crippen molar-refractivity contribution in [1.29, 1.82) is 0 Å². The maximum absolute atomic E-state index is 11.8. The lowest BCUT2D eigenvalue weighted by atomic mass is 9.99. The van der Waals surface area contributed by atoms with Gasteiger partial charge < -0.3 is 16.2 Å². The minimum Gasteiger partial charge on any atom is -0.386 e. The lowest BCUT2D eigenvalue weighted by Gasteiger charge is -2.20. The number of carbonyl (C=O) groups is 1. The van der Waals surface area contributed by atoms with Crippen molar-refractivity contribution < 1.29 is 14.7 Å². The quantitative estimate of drug-likeness (QED) is 0.536. The van der Waals surface area contributed by atoms with Gasteiger partial charge in [0, 0.05) is 9.67 Å². The minimum atomic E-state index is -1.17. The third-order valence-electron chi connectivity index (χ3n) is 3.02. The highest BCUT2D eigenvalue weighted by Crippen LogP contribution is 2.19. The van der Waals surface area contributed by atoms with Crippen LogP contribution in [-0.2, 0) is 4.79 Å². The first-order valence-electron chi connectivity index (χ1n) is 5.52. The van der Waals surface area contributed by atoms with Gasteiger partial charge in [0.1, 0.15) is 6.10 Å². The van der Waals surface area contributed by atoms with Crippen LogP contribution in [0.3, 0.4) is 0 Å². The SMILES string of the molecule is CC(O)C(C(N)=O)[N+](=O)CC1(C)CCCN1. The number of nitrogens with zero attached hydrogens (tertiary/aromatic N) is 1. The fourth-order valence-corrected chi connectivity index (χ4v) is 2.15. The molecule has 1 saturated heterocycles. The van der Waals surface area contributed by atoms with Gasteiger partial charge in [0.25, 0.3) is 5.91 Å². The number of aliphatic hydroxyl groups is 1. The Balaban J connectivity index is 2.65. The fourth-order valence-electron chi connectivity index (χ4n) is 2.15. The molecule has 0 spiro atoms. The Bertz CT molecular complexity index is 285. The number of aliphatic hydroxyl groups excluding tert-OH is 1. The van der Waals surface area contributed by atoms with E-state index in [4.69, 9.17) is 5.73 Å². The zero-order chi connectivity index (χ0) is 12.3. The summed E-state index contributed by atoms with van der Waals surface area (Å²) in [6.07, 6.45) is 0.845. The van der Waals surface area contributed by atoms with Crippen molar-refractivity contribution in [3.8, 4) is 0 Å². The summed E-state index contributed by atoms with van der Waals surface area (Å²) in [4.78, 5) is 22.9. The summed E-state index contributed by atoms with van der Waals surface area (Å²) < 4.78 is 0.589. The van der Waals surface area contributed by atoms with Crippen LogP contribution < -0.4 is 11.1 Å². The third kappa shape index (κ3) is 2.99. The van der Waals surface area contributed by atoms with Crippen LogP contribution in [0.2, 0.25) is 0 Å². The van der Waals surface area contributed by atoms with Gasteiger partial charge in [0.2, 0.25) is 6.54 Å². The standard InChI is InChI=1S/C10H19N3O3/c1-7(14)8(9(11)15)13(16)6-10(2)4-3-5-12-10/h7-8,12,14H,3-6H2,1-2H3,(H-,11,15)/p+1. The maximum atomic E-state index is 11.8. The second-order valence-electron chi connectivity index (χ2n) is 4.75. The molecule has 0 radical (unpaired) electrons. The first-order chi connectivity index (χ1) is 7.36. The number of primary amides is 1. The normalized spacial score (nSPS) is 28.7. The Morgan fingerprint density at radius 1 is 1.69 bits per heavy atom. The molecule has 4 N–H and O–H groups in total. The first-order valence-corrected chi connectivity index (χ1v) is 5.52. The first kappa shape index (κ1) is 13.1. The fraction of sp³-hybridized carbons (Fsp3) is 0.900. The van der Waals surface area contributed by atoms with Gasteiger partial charge in [-0.05, 0) is 33.2 Å². The second-order valence-corrected chi connectivity index (χ2v) is 4.75. The number of carbonyl (C=O) groups excluding carboxylic acids is 1. The molecule has 0 aliphatic carbocycles. The Labute approximate surface area is 94.8 Å². The van der Waals surface area contributed by atoms with Gasteiger partial charge in [-0.3, -0.25) is 4.79 Å². The van der Waals surface area contributed by atoms with Crippen molar-refractivity contribution in [2.24, 2.45) is 5.73 Å². The Morgan fingerprint density at radius 2 is 2.31 bits per heavy atom. The number of nitrogens with one attached hydrogen (secondary N) is 1. The number of hydrogen-bond donors (Lipinski definition) is 3. The number of rotatable bonds is 5. The molecule has 92 valence electrons. The molecule has 3 atom stereocenters. The van der Waals surface area contributed by atoms with Crippen molar-refractivity contribution >= 4 is 5.91 Å². The van der Waals surface area contributed by atoms with Crippen LogP contribution in [-0.4, -0.2) is 46.5 Å². The van der Waals surface area contributed by atoms with E-state index >= 15 is 0 Å². The van der Waals surface area contributed by atoms with Gasteiger partial charge in [0.15, 0.2) is 0 Å². The molecule has 3 unspecified atom stereocenters. The highest BCUT2D eigenvalue weighted by atomic mass is 16.3. The molecule has 0 aromatic rings. The van der Waals surface area contributed by atoms with Crippen molar-refractivity contribution in [2.45, 2.75) is 44.4 Å². The smallest absolute Gasteiger partial charge is 0.302 e. The van der Waals surface area contributed by atoms with E-state index in [0.717, 1.165) is 19.4 Å². The second kappa shape index (κ2) is 4.88. The average Bonchev–Trinajstić information content (AvgIpc) is 2.49. The summed E-state index contributed by atoms with van der Waals surface area (Å²) in [7, 11) is 0. The largest absolute Gasteiger partial charge is 0.386 e. The third-order valence-corrected chi connectivity index (χ3v) is 3.02. The lowest BCUT2D eigenvalue weighted by molar-refractivity contribution is -0.587. The predicted octanol–water partition coefficient (Wildman–Crippen LogP) is -0.858. The van der Waals surface area contributed by atoms with Crippen LogP contribution in [0, 0.1) is 4.91 Å². The molecule has 0 bridgehead atoms. The summed E-state index contributed by atoms with van der Waals surface area (Å²) in [6, 6.07) is -1.17. The molecule has 16 heavy (non-hydrogen) atoms. The topological polar surface area (TPSA) is 95.4 Å². The minimum absolute atomic E-state index is 0.158. The summed E-state index contributed by atoms with van der Waals surface area (Å²) in [6.45, 7) is 4.36. The van der Waals surface area contributed by atoms with Gasteiger partial charge in [-0.2, -0.15) is 0 Å². The van der Waals surface area contributed by atoms with E-state index in [1.54, 1.807) is 0 Å². The van der Waals surface area contributed by atoms with Crippen LogP contribution >= 0.6 is 0 Å². The van der Waals surface area contributed by atoms with Crippen molar-refractivity contribution in [2.75, 3.05) is 13.1 Å². The molecule has 1 rings (SSSR count). The molecule has 0 aromatic carbocycles. The average molecular weight is 230 g/mol. The van der Waals surface area contributed by atoms with E-state index in [0.29, 0.717) is 4.76 Å². The van der Waals surface area contributed by atoms with E-state index in [2.05, 4.69) is 5.32 Å². The molecule has 6 nitrogen and oxygen atoms in total. The van der Waals surface area contributed by atoms with Crippen LogP contribution in [0.5, 0.6) is 0 Å². The van der Waals surface area contributed by atoms with Gasteiger partial charge in [0.05, 0.1) is 5.54 Å². The molecule has 1 aliphatic heterocycles. The summed E-state index contributed by atoms with van der Waals surface area (Å²) >= 11 is 0. The monoisotopic (exact) mass is 230 g/mol. The Kier molecular flexibility index (Phi) is 3.98. The maximum Gasteiger partial charge on any atom is 0.302 e. The van der Waals surface area contributed by atoms with Gasteiger partial charge >= 0.3 is 6.04 Å². The molecule has 0 saturated carbocycles. The van der Waals surface area contributed by atoms with Gasteiger partial charge in [-0.25, -0.2) is 0 Å². The van der Waals surface area contributed by atoms with E-state index in [1.807, 2.05) is 6.92 Å². The van der Waals surface area contributed by atoms with E-state index in [9.17, 15) is 14.8 Å².